The van der Waals surface area contributed by atoms with Crippen LogP contribution in [0.15, 0.2) is 53.3 Å². The molecule has 22 heavy (non-hydrogen) atoms. The molecule has 4 nitrogen and oxygen atoms in total. The Kier molecular flexibility index (Phi) is 3.15. The maximum atomic E-state index is 12.5. The van der Waals surface area contributed by atoms with Gasteiger partial charge in [-0.25, -0.2) is 4.98 Å². The van der Waals surface area contributed by atoms with Crippen molar-refractivity contribution in [3.05, 3.63) is 58.9 Å². The summed E-state index contributed by atoms with van der Waals surface area (Å²) in [5.41, 5.74) is 3.97. The summed E-state index contributed by atoms with van der Waals surface area (Å²) in [6.45, 7) is 2.09. The van der Waals surface area contributed by atoms with Crippen molar-refractivity contribution in [2.75, 3.05) is 18.0 Å². The molecule has 2 aromatic carbocycles. The molecule has 1 N–H and O–H groups in total. The van der Waals surface area contributed by atoms with Crippen molar-refractivity contribution in [1.82, 2.24) is 9.97 Å². The minimum absolute atomic E-state index is 0.134. The van der Waals surface area contributed by atoms with Gasteiger partial charge in [-0.2, -0.15) is 0 Å². The zero-order chi connectivity index (χ0) is 14.9. The van der Waals surface area contributed by atoms with Crippen LogP contribution in [0.25, 0.3) is 22.3 Å². The zero-order valence-electron chi connectivity index (χ0n) is 12.2. The van der Waals surface area contributed by atoms with Gasteiger partial charge in [0.1, 0.15) is 5.69 Å². The van der Waals surface area contributed by atoms with Crippen LogP contribution in [0.2, 0.25) is 0 Å². The molecule has 0 amide bonds. The van der Waals surface area contributed by atoms with Crippen molar-refractivity contribution < 1.29 is 0 Å². The van der Waals surface area contributed by atoms with E-state index >= 15 is 0 Å². The quantitative estimate of drug-likeness (QED) is 0.789. The summed E-state index contributed by atoms with van der Waals surface area (Å²) in [6, 6.07) is 15.7. The van der Waals surface area contributed by atoms with Crippen molar-refractivity contribution in [2.24, 2.45) is 0 Å². The molecule has 1 saturated heterocycles. The number of nitrogens with one attached hydrogen (secondary N) is 1. The van der Waals surface area contributed by atoms with Gasteiger partial charge in [0.15, 0.2) is 0 Å². The Morgan fingerprint density at radius 3 is 2.55 bits per heavy atom. The maximum absolute atomic E-state index is 12.5. The Hall–Kier alpha value is -2.62. The number of fused-ring (bicyclic) bond motifs is 1. The van der Waals surface area contributed by atoms with Gasteiger partial charge in [-0.1, -0.05) is 30.3 Å². The average Bonchev–Trinajstić information content (AvgIpc) is 3.08. The van der Waals surface area contributed by atoms with E-state index in [1.54, 1.807) is 0 Å². The summed E-state index contributed by atoms with van der Waals surface area (Å²) < 4.78 is 0. The Bertz CT molecular complexity index is 879. The van der Waals surface area contributed by atoms with E-state index in [2.05, 4.69) is 20.9 Å². The molecule has 1 aliphatic rings. The SMILES string of the molecule is O=c1[nH]c2ccccc2nc1-c1ccccc1N1CCCC1. The van der Waals surface area contributed by atoms with Crippen molar-refractivity contribution in [2.45, 2.75) is 12.8 Å². The summed E-state index contributed by atoms with van der Waals surface area (Å²) in [4.78, 5) is 22.3. The Balaban J connectivity index is 1.92. The first-order valence-electron chi connectivity index (χ1n) is 7.66. The number of benzene rings is 2. The van der Waals surface area contributed by atoms with Gasteiger partial charge in [0.25, 0.3) is 5.56 Å². The van der Waals surface area contributed by atoms with E-state index in [9.17, 15) is 4.79 Å². The lowest BCUT2D eigenvalue weighted by Crippen LogP contribution is -2.20. The van der Waals surface area contributed by atoms with E-state index in [1.807, 2.05) is 42.5 Å². The number of H-pyrrole nitrogens is 1. The molecule has 0 spiro atoms. The van der Waals surface area contributed by atoms with Crippen molar-refractivity contribution in [3.63, 3.8) is 0 Å². The molecule has 1 aliphatic heterocycles. The lowest BCUT2D eigenvalue weighted by atomic mass is 10.1. The molecule has 0 aliphatic carbocycles. The third-order valence-corrected chi connectivity index (χ3v) is 4.21. The van der Waals surface area contributed by atoms with Gasteiger partial charge < -0.3 is 9.88 Å². The lowest BCUT2D eigenvalue weighted by molar-refractivity contribution is 0.949. The van der Waals surface area contributed by atoms with Gasteiger partial charge in [-0.3, -0.25) is 4.79 Å². The van der Waals surface area contributed by atoms with Crippen LogP contribution < -0.4 is 10.5 Å². The molecule has 4 rings (SSSR count). The molecule has 0 unspecified atom stereocenters. The molecule has 0 radical (unpaired) electrons. The predicted octanol–water partition coefficient (Wildman–Crippen LogP) is 3.19. The molecule has 0 atom stereocenters. The van der Waals surface area contributed by atoms with Gasteiger partial charge in [0, 0.05) is 24.3 Å². The molecule has 0 saturated carbocycles. The highest BCUT2D eigenvalue weighted by atomic mass is 16.1. The highest BCUT2D eigenvalue weighted by molar-refractivity contribution is 5.81. The number of para-hydroxylation sites is 3. The fourth-order valence-corrected chi connectivity index (χ4v) is 3.12. The Morgan fingerprint density at radius 2 is 1.68 bits per heavy atom. The van der Waals surface area contributed by atoms with Crippen LogP contribution in [-0.4, -0.2) is 23.1 Å². The molecule has 1 fully saturated rings. The van der Waals surface area contributed by atoms with E-state index in [0.717, 1.165) is 35.4 Å². The van der Waals surface area contributed by atoms with Crippen molar-refractivity contribution in [3.8, 4) is 11.3 Å². The number of nitrogens with zero attached hydrogens (tertiary/aromatic N) is 2. The molecular formula is C18H17N3O. The number of hydrogen-bond donors (Lipinski definition) is 1. The lowest BCUT2D eigenvalue weighted by Gasteiger charge is -2.20. The standard InChI is InChI=1S/C18H17N3O/c22-18-17(19-14-8-2-3-9-15(14)20-18)13-7-1-4-10-16(13)21-11-5-6-12-21/h1-4,7-10H,5-6,11-12H2,(H,20,22). The average molecular weight is 291 g/mol. The molecule has 1 aromatic heterocycles. The number of aromatic nitrogens is 2. The molecule has 110 valence electrons. The van der Waals surface area contributed by atoms with Crippen LogP contribution in [-0.2, 0) is 0 Å². The minimum Gasteiger partial charge on any atom is -0.371 e. The molecule has 4 heteroatoms. The normalized spacial score (nSPS) is 14.6. The molecular weight excluding hydrogens is 274 g/mol. The van der Waals surface area contributed by atoms with Gasteiger partial charge in [-0.05, 0) is 31.0 Å². The van der Waals surface area contributed by atoms with Crippen LogP contribution >= 0.6 is 0 Å². The smallest absolute Gasteiger partial charge is 0.275 e. The van der Waals surface area contributed by atoms with Crippen LogP contribution in [0.3, 0.4) is 0 Å². The second-order valence-corrected chi connectivity index (χ2v) is 5.64. The maximum Gasteiger partial charge on any atom is 0.275 e. The second-order valence-electron chi connectivity index (χ2n) is 5.64. The van der Waals surface area contributed by atoms with Gasteiger partial charge in [-0.15, -0.1) is 0 Å². The summed E-state index contributed by atoms with van der Waals surface area (Å²) >= 11 is 0. The van der Waals surface area contributed by atoms with E-state index in [4.69, 9.17) is 0 Å². The third-order valence-electron chi connectivity index (χ3n) is 4.21. The highest BCUT2D eigenvalue weighted by Crippen LogP contribution is 2.30. The number of aromatic amines is 1. The first-order valence-corrected chi connectivity index (χ1v) is 7.66. The Morgan fingerprint density at radius 1 is 0.955 bits per heavy atom. The molecule has 2 heterocycles. The van der Waals surface area contributed by atoms with Crippen molar-refractivity contribution >= 4 is 16.7 Å². The fourth-order valence-electron chi connectivity index (χ4n) is 3.12. The first kappa shape index (κ1) is 13.1. The Labute approximate surface area is 128 Å². The number of anilines is 1. The molecule has 3 aromatic rings. The molecule has 0 bridgehead atoms. The monoisotopic (exact) mass is 291 g/mol. The summed E-state index contributed by atoms with van der Waals surface area (Å²) in [7, 11) is 0. The van der Waals surface area contributed by atoms with E-state index in [-0.39, 0.29) is 5.56 Å². The van der Waals surface area contributed by atoms with Crippen LogP contribution in [0.1, 0.15) is 12.8 Å². The van der Waals surface area contributed by atoms with E-state index < -0.39 is 0 Å². The minimum atomic E-state index is -0.134. The largest absolute Gasteiger partial charge is 0.371 e. The van der Waals surface area contributed by atoms with Crippen LogP contribution in [0, 0.1) is 0 Å². The first-order chi connectivity index (χ1) is 10.8. The fraction of sp³-hybridized carbons (Fsp3) is 0.222. The number of rotatable bonds is 2. The summed E-state index contributed by atoms with van der Waals surface area (Å²) in [5.74, 6) is 0. The number of hydrogen-bond acceptors (Lipinski definition) is 3. The van der Waals surface area contributed by atoms with Gasteiger partial charge >= 0.3 is 0 Å². The third kappa shape index (κ3) is 2.17. The van der Waals surface area contributed by atoms with Crippen molar-refractivity contribution in [1.29, 1.82) is 0 Å². The van der Waals surface area contributed by atoms with E-state index in [0.29, 0.717) is 5.69 Å². The zero-order valence-corrected chi connectivity index (χ0v) is 12.2. The second kappa shape index (κ2) is 5.30. The predicted molar refractivity (Wildman–Crippen MR) is 89.2 cm³/mol. The van der Waals surface area contributed by atoms with Gasteiger partial charge in [0.05, 0.1) is 11.0 Å². The van der Waals surface area contributed by atoms with Crippen LogP contribution in [0.5, 0.6) is 0 Å². The van der Waals surface area contributed by atoms with Crippen LogP contribution in [0.4, 0.5) is 5.69 Å². The van der Waals surface area contributed by atoms with E-state index in [1.165, 1.54) is 12.8 Å². The van der Waals surface area contributed by atoms with Gasteiger partial charge in [0.2, 0.25) is 0 Å². The summed E-state index contributed by atoms with van der Waals surface area (Å²) in [6.07, 6.45) is 2.41. The topological polar surface area (TPSA) is 49.0 Å². The highest BCUT2D eigenvalue weighted by Gasteiger charge is 2.18. The summed E-state index contributed by atoms with van der Waals surface area (Å²) in [5, 5.41) is 0.